The van der Waals surface area contributed by atoms with Crippen molar-refractivity contribution in [3.63, 3.8) is 0 Å². The number of halogens is 1. The standard InChI is InChI=1S/C14H14BClO4/c1-19-12-6-7-14(13(8-12)15(17)18)20-9-10-2-4-11(16)5-3-10/h2-8,17-18H,9H2,1H3. The van der Waals surface area contributed by atoms with Gasteiger partial charge in [-0.15, -0.1) is 0 Å². The van der Waals surface area contributed by atoms with E-state index in [0.717, 1.165) is 5.56 Å². The van der Waals surface area contributed by atoms with Crippen molar-refractivity contribution in [3.05, 3.63) is 53.1 Å². The molecule has 2 rings (SSSR count). The summed E-state index contributed by atoms with van der Waals surface area (Å²) >= 11 is 5.81. The molecule has 0 aliphatic carbocycles. The zero-order valence-corrected chi connectivity index (χ0v) is 11.7. The Kier molecular flexibility index (Phi) is 4.90. The lowest BCUT2D eigenvalue weighted by molar-refractivity contribution is 0.306. The fraction of sp³-hybridized carbons (Fsp3) is 0.143. The highest BCUT2D eigenvalue weighted by Gasteiger charge is 2.18. The first-order valence-electron chi connectivity index (χ1n) is 6.01. The largest absolute Gasteiger partial charge is 0.497 e. The van der Waals surface area contributed by atoms with E-state index in [-0.39, 0.29) is 5.46 Å². The van der Waals surface area contributed by atoms with Gasteiger partial charge in [0.05, 0.1) is 7.11 Å². The second-order valence-corrected chi connectivity index (χ2v) is 4.63. The molecular formula is C14H14BClO4. The quantitative estimate of drug-likeness (QED) is 0.822. The van der Waals surface area contributed by atoms with Gasteiger partial charge in [-0.2, -0.15) is 0 Å². The van der Waals surface area contributed by atoms with Gasteiger partial charge in [0.1, 0.15) is 18.1 Å². The Morgan fingerprint density at radius 3 is 2.40 bits per heavy atom. The van der Waals surface area contributed by atoms with E-state index in [1.165, 1.54) is 13.2 Å². The molecule has 2 N–H and O–H groups in total. The number of hydrogen-bond acceptors (Lipinski definition) is 4. The van der Waals surface area contributed by atoms with Crippen LogP contribution in [0, 0.1) is 0 Å². The molecule has 0 saturated heterocycles. The summed E-state index contributed by atoms with van der Waals surface area (Å²) in [5, 5.41) is 19.4. The normalized spacial score (nSPS) is 10.2. The van der Waals surface area contributed by atoms with E-state index in [1.807, 2.05) is 12.1 Å². The third-order valence-electron chi connectivity index (χ3n) is 2.80. The van der Waals surface area contributed by atoms with E-state index in [0.29, 0.717) is 23.1 Å². The summed E-state index contributed by atoms with van der Waals surface area (Å²) in [7, 11) is -0.109. The highest BCUT2D eigenvalue weighted by molar-refractivity contribution is 6.59. The molecule has 0 unspecified atom stereocenters. The van der Waals surface area contributed by atoms with E-state index >= 15 is 0 Å². The van der Waals surface area contributed by atoms with Gasteiger partial charge in [0.25, 0.3) is 0 Å². The predicted octanol–water partition coefficient (Wildman–Crippen LogP) is 1.61. The zero-order chi connectivity index (χ0) is 14.5. The van der Waals surface area contributed by atoms with Crippen molar-refractivity contribution in [1.82, 2.24) is 0 Å². The van der Waals surface area contributed by atoms with Gasteiger partial charge in [-0.3, -0.25) is 0 Å². The van der Waals surface area contributed by atoms with Crippen LogP contribution >= 0.6 is 11.6 Å². The van der Waals surface area contributed by atoms with Crippen molar-refractivity contribution in [2.45, 2.75) is 6.61 Å². The molecule has 0 heterocycles. The van der Waals surface area contributed by atoms with E-state index in [9.17, 15) is 10.0 Å². The smallest absolute Gasteiger partial charge is 0.492 e. The molecule has 0 spiro atoms. The minimum atomic E-state index is -1.62. The topological polar surface area (TPSA) is 58.9 Å². The van der Waals surface area contributed by atoms with Crippen molar-refractivity contribution in [2.24, 2.45) is 0 Å². The van der Waals surface area contributed by atoms with Gasteiger partial charge in [-0.25, -0.2) is 0 Å². The summed E-state index contributed by atoms with van der Waals surface area (Å²) in [6.45, 7) is 0.309. The Balaban J connectivity index is 2.14. The van der Waals surface area contributed by atoms with E-state index in [2.05, 4.69) is 0 Å². The van der Waals surface area contributed by atoms with Crippen LogP contribution in [0.2, 0.25) is 5.02 Å². The van der Waals surface area contributed by atoms with Gasteiger partial charge in [0.2, 0.25) is 0 Å². The average Bonchev–Trinajstić information content (AvgIpc) is 2.46. The molecular weight excluding hydrogens is 278 g/mol. The summed E-state index contributed by atoms with van der Waals surface area (Å²) in [6.07, 6.45) is 0. The lowest BCUT2D eigenvalue weighted by atomic mass is 9.79. The molecule has 0 aliphatic heterocycles. The molecule has 104 valence electrons. The Morgan fingerprint density at radius 1 is 1.10 bits per heavy atom. The number of benzene rings is 2. The molecule has 4 nitrogen and oxygen atoms in total. The third-order valence-corrected chi connectivity index (χ3v) is 3.05. The second-order valence-electron chi connectivity index (χ2n) is 4.19. The van der Waals surface area contributed by atoms with E-state index < -0.39 is 7.12 Å². The van der Waals surface area contributed by atoms with Crippen molar-refractivity contribution < 1.29 is 19.5 Å². The van der Waals surface area contributed by atoms with Crippen LogP contribution in [0.15, 0.2) is 42.5 Å². The van der Waals surface area contributed by atoms with Gasteiger partial charge < -0.3 is 19.5 Å². The van der Waals surface area contributed by atoms with Crippen LogP contribution in [0.3, 0.4) is 0 Å². The first-order chi connectivity index (χ1) is 9.60. The number of methoxy groups -OCH3 is 1. The maximum atomic E-state index is 9.36. The molecule has 20 heavy (non-hydrogen) atoms. The summed E-state index contributed by atoms with van der Waals surface area (Å²) in [5.41, 5.74) is 1.20. The van der Waals surface area contributed by atoms with Crippen molar-refractivity contribution in [3.8, 4) is 11.5 Å². The van der Waals surface area contributed by atoms with Crippen LogP contribution in [0.25, 0.3) is 0 Å². The van der Waals surface area contributed by atoms with Crippen LogP contribution in [0.1, 0.15) is 5.56 Å². The van der Waals surface area contributed by atoms with Gasteiger partial charge in [0, 0.05) is 10.5 Å². The third kappa shape index (κ3) is 3.66. The summed E-state index contributed by atoms with van der Waals surface area (Å²) in [4.78, 5) is 0. The van der Waals surface area contributed by atoms with Crippen LogP contribution in [-0.4, -0.2) is 24.3 Å². The van der Waals surface area contributed by atoms with Crippen molar-refractivity contribution in [2.75, 3.05) is 7.11 Å². The SMILES string of the molecule is COc1ccc(OCc2ccc(Cl)cc2)c(B(O)O)c1. The Labute approximate surface area is 122 Å². The second kappa shape index (κ2) is 6.66. The minimum absolute atomic E-state index is 0.262. The molecule has 0 atom stereocenters. The minimum Gasteiger partial charge on any atom is -0.497 e. The fourth-order valence-corrected chi connectivity index (χ4v) is 1.85. The van der Waals surface area contributed by atoms with Crippen LogP contribution in [0.5, 0.6) is 11.5 Å². The Bertz CT molecular complexity index is 572. The van der Waals surface area contributed by atoms with Crippen LogP contribution in [-0.2, 0) is 6.61 Å². The molecule has 0 bridgehead atoms. The van der Waals surface area contributed by atoms with Gasteiger partial charge >= 0.3 is 7.12 Å². The van der Waals surface area contributed by atoms with E-state index in [4.69, 9.17) is 21.1 Å². The summed E-state index contributed by atoms with van der Waals surface area (Å²) < 4.78 is 10.6. The summed E-state index contributed by atoms with van der Waals surface area (Å²) in [6, 6.07) is 12.1. The molecule has 0 radical (unpaired) electrons. The van der Waals surface area contributed by atoms with E-state index in [1.54, 1.807) is 24.3 Å². The molecule has 2 aromatic rings. The first-order valence-corrected chi connectivity index (χ1v) is 6.39. The summed E-state index contributed by atoms with van der Waals surface area (Å²) in [5.74, 6) is 0.933. The molecule has 0 amide bonds. The Hall–Kier alpha value is -1.69. The highest BCUT2D eigenvalue weighted by atomic mass is 35.5. The molecule has 0 aromatic heterocycles. The monoisotopic (exact) mass is 292 g/mol. The lowest BCUT2D eigenvalue weighted by Crippen LogP contribution is -2.31. The molecule has 0 saturated carbocycles. The van der Waals surface area contributed by atoms with Gasteiger partial charge in [0.15, 0.2) is 0 Å². The van der Waals surface area contributed by atoms with Crippen molar-refractivity contribution in [1.29, 1.82) is 0 Å². The molecule has 0 fully saturated rings. The maximum absolute atomic E-state index is 9.36. The molecule has 6 heteroatoms. The van der Waals surface area contributed by atoms with Crippen LogP contribution < -0.4 is 14.9 Å². The van der Waals surface area contributed by atoms with Crippen LogP contribution in [0.4, 0.5) is 0 Å². The molecule has 0 aliphatic rings. The number of ether oxygens (including phenoxy) is 2. The zero-order valence-electron chi connectivity index (χ0n) is 10.9. The first kappa shape index (κ1) is 14.7. The molecule has 2 aromatic carbocycles. The van der Waals surface area contributed by atoms with Gasteiger partial charge in [-0.05, 0) is 35.9 Å². The van der Waals surface area contributed by atoms with Crippen molar-refractivity contribution >= 4 is 24.2 Å². The average molecular weight is 293 g/mol. The maximum Gasteiger partial charge on any atom is 0.492 e. The lowest BCUT2D eigenvalue weighted by Gasteiger charge is -2.12. The Morgan fingerprint density at radius 2 is 1.80 bits per heavy atom. The fourth-order valence-electron chi connectivity index (χ4n) is 1.73. The highest BCUT2D eigenvalue weighted by Crippen LogP contribution is 2.17. The van der Waals surface area contributed by atoms with Gasteiger partial charge in [-0.1, -0.05) is 23.7 Å². The predicted molar refractivity (Wildman–Crippen MR) is 78.6 cm³/mol. The number of rotatable bonds is 5. The number of hydrogen-bond donors (Lipinski definition) is 2.